The Hall–Kier alpha value is -4.85. The molecule has 5 fully saturated rings. The molecule has 0 radical (unpaired) electrons. The minimum Gasteiger partial charge on any atom is -0.374 e. The van der Waals surface area contributed by atoms with Crippen molar-refractivity contribution in [1.82, 2.24) is 25.5 Å². The van der Waals surface area contributed by atoms with Crippen LogP contribution in [0.2, 0.25) is 0 Å². The van der Waals surface area contributed by atoms with Crippen LogP contribution in [0, 0.1) is 17.6 Å². The molecule has 0 spiro atoms. The van der Waals surface area contributed by atoms with Crippen molar-refractivity contribution in [1.29, 1.82) is 0 Å². The van der Waals surface area contributed by atoms with E-state index in [2.05, 4.69) is 52.0 Å². The largest absolute Gasteiger partial charge is 0.374 e. The number of carbonyl (C=O) groups is 3. The number of anilines is 4. The van der Waals surface area contributed by atoms with Gasteiger partial charge in [0.25, 0.3) is 0 Å². The minimum atomic E-state index is -0.552. The van der Waals surface area contributed by atoms with Crippen molar-refractivity contribution < 1.29 is 23.2 Å². The van der Waals surface area contributed by atoms with Gasteiger partial charge in [0.2, 0.25) is 23.7 Å². The first-order valence-electron chi connectivity index (χ1n) is 21.1. The predicted octanol–water partition coefficient (Wildman–Crippen LogP) is 5.85. The third-order valence-corrected chi connectivity index (χ3v) is 12.7. The highest BCUT2D eigenvalue weighted by Crippen LogP contribution is 2.32. The quantitative estimate of drug-likeness (QED) is 0.186. The molecule has 1 aromatic heterocycles. The Kier molecular flexibility index (Phi) is 12.1. The fourth-order valence-corrected chi connectivity index (χ4v) is 9.41. The van der Waals surface area contributed by atoms with Gasteiger partial charge in [-0.1, -0.05) is 12.1 Å². The van der Waals surface area contributed by atoms with Gasteiger partial charge in [0.15, 0.2) is 5.82 Å². The number of halogens is 2. The smallest absolute Gasteiger partial charge is 0.249 e. The second-order valence-corrected chi connectivity index (χ2v) is 16.5. The van der Waals surface area contributed by atoms with Crippen LogP contribution < -0.4 is 31.1 Å². The summed E-state index contributed by atoms with van der Waals surface area (Å²) in [6.07, 6.45) is 12.4. The molecular formula is C43H55F2N9O3. The molecule has 5 heterocycles. The van der Waals surface area contributed by atoms with E-state index in [4.69, 9.17) is 0 Å². The maximum Gasteiger partial charge on any atom is 0.249 e. The Labute approximate surface area is 333 Å². The highest BCUT2D eigenvalue weighted by molar-refractivity contribution is 6.01. The molecule has 12 nitrogen and oxygen atoms in total. The molecule has 57 heavy (non-hydrogen) atoms. The predicted molar refractivity (Wildman–Crippen MR) is 217 cm³/mol. The molecule has 1 aliphatic carbocycles. The monoisotopic (exact) mass is 783 g/mol. The third-order valence-electron chi connectivity index (χ3n) is 12.7. The Morgan fingerprint density at radius 1 is 0.754 bits per heavy atom. The van der Waals surface area contributed by atoms with Gasteiger partial charge in [0, 0.05) is 86.7 Å². The summed E-state index contributed by atoms with van der Waals surface area (Å²) in [5.74, 6) is -0.874. The number of likely N-dealkylation sites (tertiary alicyclic amines) is 1. The van der Waals surface area contributed by atoms with Crippen LogP contribution in [0.4, 0.5) is 31.8 Å². The molecule has 4 aliphatic heterocycles. The third kappa shape index (κ3) is 9.48. The van der Waals surface area contributed by atoms with E-state index in [1.54, 1.807) is 12.1 Å². The normalized spacial score (nSPS) is 24.2. The zero-order valence-electron chi connectivity index (χ0n) is 32.7. The van der Waals surface area contributed by atoms with Gasteiger partial charge in [-0.3, -0.25) is 19.7 Å². The van der Waals surface area contributed by atoms with E-state index >= 15 is 4.39 Å². The van der Waals surface area contributed by atoms with E-state index in [-0.39, 0.29) is 48.0 Å². The van der Waals surface area contributed by atoms with Crippen LogP contribution >= 0.6 is 0 Å². The lowest BCUT2D eigenvalue weighted by atomic mass is 9.85. The Morgan fingerprint density at radius 2 is 1.53 bits per heavy atom. The van der Waals surface area contributed by atoms with E-state index in [9.17, 15) is 18.8 Å². The molecule has 2 aromatic carbocycles. The second-order valence-electron chi connectivity index (χ2n) is 16.5. The van der Waals surface area contributed by atoms with Crippen molar-refractivity contribution in [2.45, 2.75) is 108 Å². The standard InChI is InChI=1S/C43H55F2N9O3/c44-35-26-32(47-37-12-14-39(55)50-42(37)57)11-13-38(35)54-23-17-33(18-24-54)53-21-15-31(16-22-53)48-41(56)28-7-9-30(10-8-28)49-43-46-27-36(45)40(51-43)29-5-4-6-34(25-29)52-19-2-1-3-20-52/h4-6,11,13,25-28,30-31,33,37,47H,1-3,7-10,12,14-24H2,(H,48,56)(H,46,49,51)(H,50,55,57). The molecule has 14 heteroatoms. The number of amides is 3. The fourth-order valence-electron chi connectivity index (χ4n) is 9.41. The average molecular weight is 784 g/mol. The summed E-state index contributed by atoms with van der Waals surface area (Å²) in [6.45, 7) is 5.43. The van der Waals surface area contributed by atoms with E-state index in [1.807, 2.05) is 18.2 Å². The van der Waals surface area contributed by atoms with Gasteiger partial charge < -0.3 is 30.7 Å². The molecule has 5 aliphatic rings. The van der Waals surface area contributed by atoms with Crippen LogP contribution in [0.5, 0.6) is 0 Å². The van der Waals surface area contributed by atoms with E-state index in [0.29, 0.717) is 35.5 Å². The molecule has 3 aromatic rings. The van der Waals surface area contributed by atoms with Crippen molar-refractivity contribution in [3.05, 3.63) is 60.3 Å². The number of nitrogens with one attached hydrogen (secondary N) is 4. The van der Waals surface area contributed by atoms with E-state index < -0.39 is 11.9 Å². The van der Waals surface area contributed by atoms with Gasteiger partial charge in [-0.15, -0.1) is 0 Å². The topological polar surface area (TPSA) is 135 Å². The van der Waals surface area contributed by atoms with Crippen LogP contribution in [0.3, 0.4) is 0 Å². The summed E-state index contributed by atoms with van der Waals surface area (Å²) in [5.41, 5.74) is 3.24. The number of piperidine rings is 4. The van der Waals surface area contributed by atoms with Gasteiger partial charge in [-0.2, -0.15) is 0 Å². The molecule has 3 amide bonds. The summed E-state index contributed by atoms with van der Waals surface area (Å²) in [4.78, 5) is 52.7. The van der Waals surface area contributed by atoms with Crippen molar-refractivity contribution in [3.8, 4) is 11.3 Å². The van der Waals surface area contributed by atoms with Crippen LogP contribution in [-0.4, -0.2) is 96.0 Å². The van der Waals surface area contributed by atoms with Gasteiger partial charge in [-0.05, 0) is 107 Å². The zero-order valence-corrected chi connectivity index (χ0v) is 32.7. The number of nitrogens with zero attached hydrogens (tertiary/aromatic N) is 5. The highest BCUT2D eigenvalue weighted by Gasteiger charge is 2.33. The number of hydrogen-bond donors (Lipinski definition) is 4. The number of carbonyl (C=O) groups excluding carboxylic acids is 3. The molecule has 8 rings (SSSR count). The zero-order chi connectivity index (χ0) is 39.3. The first-order valence-corrected chi connectivity index (χ1v) is 21.1. The molecule has 1 saturated carbocycles. The number of benzene rings is 2. The Bertz CT molecular complexity index is 1900. The number of rotatable bonds is 10. The number of aromatic nitrogens is 2. The van der Waals surface area contributed by atoms with Crippen LogP contribution in [-0.2, 0) is 14.4 Å². The highest BCUT2D eigenvalue weighted by atomic mass is 19.1. The van der Waals surface area contributed by atoms with Crippen molar-refractivity contribution >= 4 is 40.7 Å². The van der Waals surface area contributed by atoms with Crippen LogP contribution in [0.15, 0.2) is 48.7 Å². The molecule has 0 bridgehead atoms. The Morgan fingerprint density at radius 3 is 2.26 bits per heavy atom. The minimum absolute atomic E-state index is 0.0182. The van der Waals surface area contributed by atoms with Crippen molar-refractivity contribution in [3.63, 3.8) is 0 Å². The van der Waals surface area contributed by atoms with Crippen molar-refractivity contribution in [2.75, 3.05) is 59.7 Å². The second kappa shape index (κ2) is 17.7. The van der Waals surface area contributed by atoms with E-state index in [1.165, 1.54) is 31.5 Å². The molecule has 1 atom stereocenters. The fraction of sp³-hybridized carbons (Fsp3) is 0.558. The Balaban J connectivity index is 0.750. The molecular weight excluding hydrogens is 729 g/mol. The van der Waals surface area contributed by atoms with E-state index in [0.717, 1.165) is 102 Å². The summed E-state index contributed by atoms with van der Waals surface area (Å²) >= 11 is 0. The van der Waals surface area contributed by atoms with Gasteiger partial charge in [0.1, 0.15) is 17.6 Å². The van der Waals surface area contributed by atoms with Crippen molar-refractivity contribution in [2.24, 2.45) is 5.92 Å². The molecule has 4 saturated heterocycles. The molecule has 4 N–H and O–H groups in total. The first-order chi connectivity index (χ1) is 27.8. The average Bonchev–Trinajstić information content (AvgIpc) is 3.24. The number of imide groups is 1. The van der Waals surface area contributed by atoms with Gasteiger partial charge >= 0.3 is 0 Å². The maximum absolute atomic E-state index is 15.2. The summed E-state index contributed by atoms with van der Waals surface area (Å²) in [6, 6.07) is 13.2. The molecule has 1 unspecified atom stereocenters. The maximum atomic E-state index is 15.2. The summed E-state index contributed by atoms with van der Waals surface area (Å²) < 4.78 is 30.2. The van der Waals surface area contributed by atoms with Gasteiger partial charge in [0.05, 0.1) is 11.9 Å². The first kappa shape index (κ1) is 39.0. The summed E-state index contributed by atoms with van der Waals surface area (Å²) in [7, 11) is 0. The number of hydrogen-bond acceptors (Lipinski definition) is 10. The van der Waals surface area contributed by atoms with Crippen LogP contribution in [0.1, 0.15) is 83.5 Å². The lowest BCUT2D eigenvalue weighted by Crippen LogP contribution is -2.52. The summed E-state index contributed by atoms with van der Waals surface area (Å²) in [5, 5.41) is 12.2. The van der Waals surface area contributed by atoms with Gasteiger partial charge in [-0.25, -0.2) is 18.7 Å². The lowest BCUT2D eigenvalue weighted by Gasteiger charge is -2.42. The lowest BCUT2D eigenvalue weighted by molar-refractivity contribution is -0.133. The van der Waals surface area contributed by atoms with Crippen LogP contribution in [0.25, 0.3) is 11.3 Å². The molecule has 304 valence electrons. The SMILES string of the molecule is O=C1CCC(Nc2ccc(N3CCC(N4CCC(NC(=O)C5CCC(Nc6ncc(F)c(-c7cccc(N8CCCCC8)c7)n6)CC5)CC4)CC3)c(F)c2)C(=O)N1.